The summed E-state index contributed by atoms with van der Waals surface area (Å²) in [6.07, 6.45) is 0.698. The smallest absolute Gasteiger partial charge is 0.155 e. The fourth-order valence-corrected chi connectivity index (χ4v) is 1.84. The SMILES string of the molecule is COCc1nn(-c2ccccc2)c(Cl)c1C=O. The maximum Gasteiger partial charge on any atom is 0.155 e. The number of halogens is 1. The van der Waals surface area contributed by atoms with E-state index in [1.165, 1.54) is 4.68 Å². The second-order valence-electron chi connectivity index (χ2n) is 3.45. The van der Waals surface area contributed by atoms with Gasteiger partial charge in [0, 0.05) is 7.11 Å². The minimum Gasteiger partial charge on any atom is -0.378 e. The van der Waals surface area contributed by atoms with Crippen molar-refractivity contribution in [1.29, 1.82) is 0 Å². The summed E-state index contributed by atoms with van der Waals surface area (Å²) < 4.78 is 6.51. The van der Waals surface area contributed by atoms with Crippen LogP contribution in [0.25, 0.3) is 5.69 Å². The maximum absolute atomic E-state index is 11.0. The van der Waals surface area contributed by atoms with Crippen LogP contribution in [-0.2, 0) is 11.3 Å². The average Bonchev–Trinajstić information content (AvgIpc) is 2.67. The minimum atomic E-state index is 0.258. The summed E-state index contributed by atoms with van der Waals surface area (Å²) in [6, 6.07) is 9.39. The number of benzene rings is 1. The van der Waals surface area contributed by atoms with Crippen molar-refractivity contribution in [2.24, 2.45) is 0 Å². The molecule has 5 heteroatoms. The molecule has 2 rings (SSSR count). The molecule has 0 amide bonds. The van der Waals surface area contributed by atoms with E-state index in [4.69, 9.17) is 16.3 Å². The molecule has 0 aliphatic rings. The summed E-state index contributed by atoms with van der Waals surface area (Å²) in [5.74, 6) is 0. The van der Waals surface area contributed by atoms with Crippen LogP contribution in [0.15, 0.2) is 30.3 Å². The second kappa shape index (κ2) is 5.12. The van der Waals surface area contributed by atoms with Crippen LogP contribution >= 0.6 is 11.6 Å². The van der Waals surface area contributed by atoms with Crippen molar-refractivity contribution in [2.75, 3.05) is 7.11 Å². The summed E-state index contributed by atoms with van der Waals surface area (Å²) >= 11 is 6.11. The Bertz CT molecular complexity index is 523. The molecule has 0 aliphatic heterocycles. The quantitative estimate of drug-likeness (QED) is 0.783. The molecule has 0 saturated carbocycles. The van der Waals surface area contributed by atoms with Gasteiger partial charge in [0.2, 0.25) is 0 Å². The summed E-state index contributed by atoms with van der Waals surface area (Å²) in [7, 11) is 1.55. The van der Waals surface area contributed by atoms with Crippen LogP contribution in [0.3, 0.4) is 0 Å². The molecule has 2 aromatic rings. The van der Waals surface area contributed by atoms with Gasteiger partial charge in [0.1, 0.15) is 10.8 Å². The van der Waals surface area contributed by atoms with Crippen molar-refractivity contribution in [3.63, 3.8) is 0 Å². The number of nitrogens with zero attached hydrogens (tertiary/aromatic N) is 2. The average molecular weight is 251 g/mol. The van der Waals surface area contributed by atoms with Gasteiger partial charge in [0.05, 0.1) is 17.9 Å². The van der Waals surface area contributed by atoms with Crippen molar-refractivity contribution in [3.8, 4) is 5.69 Å². The van der Waals surface area contributed by atoms with Crippen LogP contribution in [0.1, 0.15) is 16.1 Å². The highest BCUT2D eigenvalue weighted by Crippen LogP contribution is 2.22. The van der Waals surface area contributed by atoms with Gasteiger partial charge in [-0.25, -0.2) is 4.68 Å². The lowest BCUT2D eigenvalue weighted by atomic mass is 10.3. The Hall–Kier alpha value is -1.65. The van der Waals surface area contributed by atoms with Gasteiger partial charge < -0.3 is 4.74 Å². The number of carbonyl (C=O) groups is 1. The lowest BCUT2D eigenvalue weighted by molar-refractivity contribution is 0.111. The molecule has 0 fully saturated rings. The Morgan fingerprint density at radius 1 is 1.41 bits per heavy atom. The number of hydrogen-bond acceptors (Lipinski definition) is 3. The first-order chi connectivity index (χ1) is 8.27. The molecule has 17 heavy (non-hydrogen) atoms. The van der Waals surface area contributed by atoms with E-state index in [-0.39, 0.29) is 6.61 Å². The van der Waals surface area contributed by atoms with Gasteiger partial charge >= 0.3 is 0 Å². The third kappa shape index (κ3) is 2.23. The number of aldehydes is 1. The van der Waals surface area contributed by atoms with E-state index < -0.39 is 0 Å². The zero-order valence-electron chi connectivity index (χ0n) is 9.26. The van der Waals surface area contributed by atoms with Gasteiger partial charge in [-0.1, -0.05) is 29.8 Å². The van der Waals surface area contributed by atoms with Crippen molar-refractivity contribution < 1.29 is 9.53 Å². The van der Waals surface area contributed by atoms with Crippen molar-refractivity contribution >= 4 is 17.9 Å². The van der Waals surface area contributed by atoms with Crippen LogP contribution in [-0.4, -0.2) is 23.2 Å². The highest BCUT2D eigenvalue weighted by atomic mass is 35.5. The van der Waals surface area contributed by atoms with Gasteiger partial charge in [-0.15, -0.1) is 0 Å². The van der Waals surface area contributed by atoms with E-state index in [1.807, 2.05) is 30.3 Å². The van der Waals surface area contributed by atoms with Gasteiger partial charge in [-0.05, 0) is 12.1 Å². The van der Waals surface area contributed by atoms with Gasteiger partial charge in [-0.2, -0.15) is 5.10 Å². The molecular formula is C12H11ClN2O2. The van der Waals surface area contributed by atoms with Crippen molar-refractivity contribution in [1.82, 2.24) is 9.78 Å². The number of ether oxygens (including phenoxy) is 1. The monoisotopic (exact) mass is 250 g/mol. The molecule has 1 aromatic carbocycles. The molecule has 0 radical (unpaired) electrons. The van der Waals surface area contributed by atoms with Crippen LogP contribution < -0.4 is 0 Å². The molecule has 0 atom stereocenters. The fraction of sp³-hybridized carbons (Fsp3) is 0.167. The van der Waals surface area contributed by atoms with E-state index in [0.717, 1.165) is 5.69 Å². The largest absolute Gasteiger partial charge is 0.378 e. The number of rotatable bonds is 4. The summed E-state index contributed by atoms with van der Waals surface area (Å²) in [6.45, 7) is 0.258. The van der Waals surface area contributed by atoms with Crippen molar-refractivity contribution in [2.45, 2.75) is 6.61 Å². The van der Waals surface area contributed by atoms with Crippen LogP contribution in [0.4, 0.5) is 0 Å². The predicted octanol–water partition coefficient (Wildman–Crippen LogP) is 2.48. The Morgan fingerprint density at radius 3 is 2.71 bits per heavy atom. The van der Waals surface area contributed by atoms with Gasteiger partial charge in [0.15, 0.2) is 6.29 Å². The zero-order chi connectivity index (χ0) is 12.3. The lowest BCUT2D eigenvalue weighted by Gasteiger charge is -2.01. The third-order valence-corrected chi connectivity index (χ3v) is 2.70. The number of methoxy groups -OCH3 is 1. The molecule has 88 valence electrons. The van der Waals surface area contributed by atoms with E-state index >= 15 is 0 Å². The van der Waals surface area contributed by atoms with Crippen molar-refractivity contribution in [3.05, 3.63) is 46.7 Å². The number of carbonyl (C=O) groups excluding carboxylic acids is 1. The Morgan fingerprint density at radius 2 is 2.12 bits per heavy atom. The number of aromatic nitrogens is 2. The Labute approximate surface area is 104 Å². The maximum atomic E-state index is 11.0. The first-order valence-electron chi connectivity index (χ1n) is 5.05. The first-order valence-corrected chi connectivity index (χ1v) is 5.42. The number of para-hydroxylation sites is 1. The molecule has 0 N–H and O–H groups in total. The highest BCUT2D eigenvalue weighted by molar-refractivity contribution is 6.32. The molecule has 0 spiro atoms. The normalized spacial score (nSPS) is 10.5. The van der Waals surface area contributed by atoms with Crippen LogP contribution in [0.2, 0.25) is 5.15 Å². The summed E-state index contributed by atoms with van der Waals surface area (Å²) in [5, 5.41) is 4.57. The van der Waals surface area contributed by atoms with Gasteiger partial charge in [-0.3, -0.25) is 4.79 Å². The number of hydrogen-bond donors (Lipinski definition) is 0. The lowest BCUT2D eigenvalue weighted by Crippen LogP contribution is -1.97. The highest BCUT2D eigenvalue weighted by Gasteiger charge is 2.16. The predicted molar refractivity (Wildman–Crippen MR) is 64.7 cm³/mol. The molecule has 4 nitrogen and oxygen atoms in total. The molecule has 1 heterocycles. The van der Waals surface area contributed by atoms with E-state index in [1.54, 1.807) is 7.11 Å². The zero-order valence-corrected chi connectivity index (χ0v) is 10.0. The topological polar surface area (TPSA) is 44.1 Å². The standard InChI is InChI=1S/C12H11ClN2O2/c1-17-8-11-10(7-16)12(13)15(14-11)9-5-3-2-4-6-9/h2-7H,8H2,1H3. The first kappa shape index (κ1) is 11.8. The minimum absolute atomic E-state index is 0.258. The van der Waals surface area contributed by atoms with E-state index in [0.29, 0.717) is 22.7 Å². The fourth-order valence-electron chi connectivity index (χ4n) is 1.55. The van der Waals surface area contributed by atoms with Crippen LogP contribution in [0.5, 0.6) is 0 Å². The second-order valence-corrected chi connectivity index (χ2v) is 3.81. The Kier molecular flexibility index (Phi) is 3.56. The third-order valence-electron chi connectivity index (χ3n) is 2.34. The molecule has 0 bridgehead atoms. The summed E-state index contributed by atoms with van der Waals surface area (Å²) in [5.41, 5.74) is 1.72. The molecule has 0 saturated heterocycles. The molecule has 1 aromatic heterocycles. The summed E-state index contributed by atoms with van der Waals surface area (Å²) in [4.78, 5) is 11.0. The molecular weight excluding hydrogens is 240 g/mol. The molecule has 0 aliphatic carbocycles. The van der Waals surface area contributed by atoms with E-state index in [9.17, 15) is 4.79 Å². The van der Waals surface area contributed by atoms with E-state index in [2.05, 4.69) is 5.10 Å². The molecule has 0 unspecified atom stereocenters. The van der Waals surface area contributed by atoms with Crippen LogP contribution in [0, 0.1) is 0 Å². The van der Waals surface area contributed by atoms with Gasteiger partial charge in [0.25, 0.3) is 0 Å². The Balaban J connectivity index is 2.52.